The van der Waals surface area contributed by atoms with Crippen molar-refractivity contribution in [2.24, 2.45) is 0 Å². The Kier molecular flexibility index (Phi) is 4.64. The topological polar surface area (TPSA) is 79.1 Å². The SMILES string of the molecule is C=CC(=O)N1CCOCC1c1cc(C#N)cc(-c2ncccn2)c1. The number of nitrogens with zero attached hydrogens (tertiary/aromatic N) is 4. The average Bonchev–Trinajstić information content (AvgIpc) is 2.67. The zero-order chi connectivity index (χ0) is 16.9. The minimum atomic E-state index is -0.264. The molecular formula is C18H16N4O2. The second kappa shape index (κ2) is 7.02. The molecule has 1 saturated heterocycles. The van der Waals surface area contributed by atoms with Gasteiger partial charge in [-0.05, 0) is 35.9 Å². The molecule has 6 heteroatoms. The fourth-order valence-corrected chi connectivity index (χ4v) is 2.75. The fraction of sp³-hybridized carbons (Fsp3) is 0.222. The van der Waals surface area contributed by atoms with Gasteiger partial charge in [-0.3, -0.25) is 4.79 Å². The number of aromatic nitrogens is 2. The average molecular weight is 320 g/mol. The van der Waals surface area contributed by atoms with Gasteiger partial charge in [-0.1, -0.05) is 6.58 Å². The van der Waals surface area contributed by atoms with E-state index in [1.54, 1.807) is 35.5 Å². The molecule has 0 spiro atoms. The van der Waals surface area contributed by atoms with E-state index in [9.17, 15) is 10.1 Å². The van der Waals surface area contributed by atoms with Crippen molar-refractivity contribution >= 4 is 5.91 Å². The van der Waals surface area contributed by atoms with Crippen LogP contribution in [0.3, 0.4) is 0 Å². The number of ether oxygens (including phenoxy) is 1. The minimum Gasteiger partial charge on any atom is -0.377 e. The third-order valence-electron chi connectivity index (χ3n) is 3.88. The highest BCUT2D eigenvalue weighted by molar-refractivity contribution is 5.87. The van der Waals surface area contributed by atoms with E-state index in [0.717, 1.165) is 11.1 Å². The Morgan fingerprint density at radius 2 is 2.17 bits per heavy atom. The molecule has 24 heavy (non-hydrogen) atoms. The largest absolute Gasteiger partial charge is 0.377 e. The summed E-state index contributed by atoms with van der Waals surface area (Å²) in [4.78, 5) is 22.3. The molecule has 0 radical (unpaired) electrons. The Morgan fingerprint density at radius 1 is 1.38 bits per heavy atom. The summed E-state index contributed by atoms with van der Waals surface area (Å²) in [6.45, 7) is 4.92. The number of hydrogen-bond donors (Lipinski definition) is 0. The van der Waals surface area contributed by atoms with Gasteiger partial charge in [-0.25, -0.2) is 9.97 Å². The molecule has 1 aliphatic heterocycles. The molecule has 1 aromatic heterocycles. The Labute approximate surface area is 140 Å². The molecule has 120 valence electrons. The van der Waals surface area contributed by atoms with Gasteiger partial charge in [-0.2, -0.15) is 5.26 Å². The summed E-state index contributed by atoms with van der Waals surface area (Å²) in [5, 5.41) is 9.33. The van der Waals surface area contributed by atoms with E-state index in [4.69, 9.17) is 4.74 Å². The van der Waals surface area contributed by atoms with Gasteiger partial charge in [-0.15, -0.1) is 0 Å². The van der Waals surface area contributed by atoms with E-state index < -0.39 is 0 Å². The van der Waals surface area contributed by atoms with E-state index in [2.05, 4.69) is 22.6 Å². The number of carbonyl (C=O) groups excluding carboxylic acids is 1. The van der Waals surface area contributed by atoms with E-state index in [1.165, 1.54) is 6.08 Å². The number of carbonyl (C=O) groups is 1. The molecular weight excluding hydrogens is 304 g/mol. The lowest BCUT2D eigenvalue weighted by Crippen LogP contribution is -2.42. The number of benzene rings is 1. The molecule has 1 aromatic carbocycles. The van der Waals surface area contributed by atoms with Crippen LogP contribution in [0.5, 0.6) is 0 Å². The summed E-state index contributed by atoms with van der Waals surface area (Å²) in [5.41, 5.74) is 2.05. The quantitative estimate of drug-likeness (QED) is 0.809. The van der Waals surface area contributed by atoms with Crippen LogP contribution in [0, 0.1) is 11.3 Å². The zero-order valence-corrected chi connectivity index (χ0v) is 13.1. The van der Waals surface area contributed by atoms with Gasteiger partial charge < -0.3 is 9.64 Å². The highest BCUT2D eigenvalue weighted by atomic mass is 16.5. The Balaban J connectivity index is 2.05. The predicted octanol–water partition coefficient (Wildman–Crippen LogP) is 2.10. The number of morpholine rings is 1. The molecule has 0 aliphatic carbocycles. The molecule has 0 bridgehead atoms. The van der Waals surface area contributed by atoms with Crippen molar-refractivity contribution in [2.75, 3.05) is 19.8 Å². The Morgan fingerprint density at radius 3 is 2.88 bits per heavy atom. The van der Waals surface area contributed by atoms with Crippen LogP contribution in [0.2, 0.25) is 0 Å². The zero-order valence-electron chi connectivity index (χ0n) is 13.1. The van der Waals surface area contributed by atoms with Crippen LogP contribution in [-0.2, 0) is 9.53 Å². The van der Waals surface area contributed by atoms with E-state index in [-0.39, 0.29) is 11.9 Å². The van der Waals surface area contributed by atoms with Crippen molar-refractivity contribution in [3.05, 3.63) is 60.4 Å². The van der Waals surface area contributed by atoms with Crippen molar-refractivity contribution in [3.63, 3.8) is 0 Å². The van der Waals surface area contributed by atoms with Gasteiger partial charge in [0.25, 0.3) is 0 Å². The summed E-state index contributed by atoms with van der Waals surface area (Å²) < 4.78 is 5.54. The Hall–Kier alpha value is -3.04. The van der Waals surface area contributed by atoms with Crippen LogP contribution in [0.25, 0.3) is 11.4 Å². The van der Waals surface area contributed by atoms with Gasteiger partial charge >= 0.3 is 0 Å². The van der Waals surface area contributed by atoms with Crippen molar-refractivity contribution in [1.29, 1.82) is 5.26 Å². The lowest BCUT2D eigenvalue weighted by molar-refractivity contribution is -0.134. The maximum Gasteiger partial charge on any atom is 0.246 e. The molecule has 2 aromatic rings. The van der Waals surface area contributed by atoms with Crippen LogP contribution in [-0.4, -0.2) is 40.5 Å². The van der Waals surface area contributed by atoms with E-state index >= 15 is 0 Å². The van der Waals surface area contributed by atoms with Crippen molar-refractivity contribution in [3.8, 4) is 17.5 Å². The van der Waals surface area contributed by atoms with Crippen molar-refractivity contribution < 1.29 is 9.53 Å². The molecule has 1 aliphatic rings. The van der Waals surface area contributed by atoms with Crippen molar-refractivity contribution in [1.82, 2.24) is 14.9 Å². The molecule has 1 unspecified atom stereocenters. The highest BCUT2D eigenvalue weighted by Crippen LogP contribution is 2.28. The van der Waals surface area contributed by atoms with Gasteiger partial charge in [0, 0.05) is 24.5 Å². The maximum atomic E-state index is 12.1. The number of hydrogen-bond acceptors (Lipinski definition) is 5. The standard InChI is InChI=1S/C18H16N4O2/c1-2-17(23)22-6-7-24-12-16(22)14-8-13(11-19)9-15(10-14)18-20-4-3-5-21-18/h2-5,8-10,16H,1,6-7,12H2. The molecule has 1 fully saturated rings. The van der Waals surface area contributed by atoms with Gasteiger partial charge in [0.15, 0.2) is 5.82 Å². The summed E-state index contributed by atoms with van der Waals surface area (Å²) in [5.74, 6) is 0.386. The van der Waals surface area contributed by atoms with Crippen LogP contribution >= 0.6 is 0 Å². The van der Waals surface area contributed by atoms with E-state index in [0.29, 0.717) is 31.1 Å². The first-order valence-corrected chi connectivity index (χ1v) is 7.56. The summed E-state index contributed by atoms with van der Waals surface area (Å²) in [6.07, 6.45) is 4.60. The first kappa shape index (κ1) is 15.8. The van der Waals surface area contributed by atoms with Crippen LogP contribution in [0.4, 0.5) is 0 Å². The number of nitriles is 1. The van der Waals surface area contributed by atoms with Crippen LogP contribution < -0.4 is 0 Å². The molecule has 2 heterocycles. The minimum absolute atomic E-state index is 0.150. The second-order valence-corrected chi connectivity index (χ2v) is 5.35. The third kappa shape index (κ3) is 3.16. The lowest BCUT2D eigenvalue weighted by Gasteiger charge is -2.35. The first-order valence-electron chi connectivity index (χ1n) is 7.56. The second-order valence-electron chi connectivity index (χ2n) is 5.35. The first-order chi connectivity index (χ1) is 11.7. The molecule has 3 rings (SSSR count). The third-order valence-corrected chi connectivity index (χ3v) is 3.88. The smallest absolute Gasteiger partial charge is 0.246 e. The number of rotatable bonds is 3. The van der Waals surface area contributed by atoms with Crippen LogP contribution in [0.15, 0.2) is 49.3 Å². The highest BCUT2D eigenvalue weighted by Gasteiger charge is 2.28. The Bertz CT molecular complexity index is 798. The molecule has 1 amide bonds. The summed E-state index contributed by atoms with van der Waals surface area (Å²) in [7, 11) is 0. The summed E-state index contributed by atoms with van der Waals surface area (Å²) >= 11 is 0. The van der Waals surface area contributed by atoms with Gasteiger partial charge in [0.05, 0.1) is 30.9 Å². The molecule has 6 nitrogen and oxygen atoms in total. The lowest BCUT2D eigenvalue weighted by atomic mass is 9.98. The van der Waals surface area contributed by atoms with Gasteiger partial charge in [0.2, 0.25) is 5.91 Å². The molecule has 0 saturated carbocycles. The predicted molar refractivity (Wildman–Crippen MR) is 87.7 cm³/mol. The monoisotopic (exact) mass is 320 g/mol. The maximum absolute atomic E-state index is 12.1. The van der Waals surface area contributed by atoms with E-state index in [1.807, 2.05) is 6.07 Å². The molecule has 0 N–H and O–H groups in total. The number of amides is 1. The van der Waals surface area contributed by atoms with Gasteiger partial charge in [0.1, 0.15) is 0 Å². The normalized spacial score (nSPS) is 17.1. The fourth-order valence-electron chi connectivity index (χ4n) is 2.75. The van der Waals surface area contributed by atoms with Crippen LogP contribution in [0.1, 0.15) is 17.2 Å². The molecule has 1 atom stereocenters. The van der Waals surface area contributed by atoms with Crippen molar-refractivity contribution in [2.45, 2.75) is 6.04 Å². The summed E-state index contributed by atoms with van der Waals surface area (Å²) in [6, 6.07) is 9.04.